The monoisotopic (exact) mass is 547 g/mol. The van der Waals surface area contributed by atoms with Gasteiger partial charge in [0.25, 0.3) is 5.91 Å². The van der Waals surface area contributed by atoms with Crippen molar-refractivity contribution in [3.05, 3.63) is 111 Å². The topological polar surface area (TPSA) is 46.4 Å². The number of hydrogen-bond donors (Lipinski definition) is 1. The maximum absolute atomic E-state index is 12.8. The fraction of sp³-hybridized carbons (Fsp3) is 0.0370. The Morgan fingerprint density at radius 1 is 1.00 bits per heavy atom. The lowest BCUT2D eigenvalue weighted by Crippen LogP contribution is -2.19. The number of benzene rings is 3. The molecule has 1 amide bonds. The van der Waals surface area contributed by atoms with Crippen LogP contribution >= 0.6 is 39.3 Å². The predicted octanol–water partition coefficient (Wildman–Crippen LogP) is 7.76. The molecular weight excluding hydrogens is 530 g/mol. The summed E-state index contributed by atoms with van der Waals surface area (Å²) in [7, 11) is 0. The molecule has 0 spiro atoms. The van der Waals surface area contributed by atoms with Crippen molar-refractivity contribution >= 4 is 62.1 Å². The molecule has 7 heteroatoms. The number of rotatable bonds is 4. The van der Waals surface area contributed by atoms with Gasteiger partial charge in [-0.3, -0.25) is 4.79 Å². The molecule has 1 N–H and O–H groups in total. The maximum Gasteiger partial charge on any atom is 0.264 e. The molecule has 1 aromatic heterocycles. The van der Waals surface area contributed by atoms with Crippen molar-refractivity contribution in [1.82, 2.24) is 9.88 Å². The van der Waals surface area contributed by atoms with Crippen LogP contribution in [-0.4, -0.2) is 15.6 Å². The van der Waals surface area contributed by atoms with Gasteiger partial charge in [-0.15, -0.1) is 0 Å². The average molecular weight is 549 g/mol. The van der Waals surface area contributed by atoms with Gasteiger partial charge in [0, 0.05) is 21.4 Å². The lowest BCUT2D eigenvalue weighted by atomic mass is 10.1. The fourth-order valence-electron chi connectivity index (χ4n) is 3.87. The third-order valence-electron chi connectivity index (χ3n) is 5.35. The number of aliphatic imine (C=N–C) groups is 1. The van der Waals surface area contributed by atoms with Gasteiger partial charge < -0.3 is 9.88 Å². The third kappa shape index (κ3) is 4.62. The molecule has 4 nitrogen and oxygen atoms in total. The van der Waals surface area contributed by atoms with E-state index in [-0.39, 0.29) is 5.91 Å². The number of aryl methyl sites for hydroxylation is 1. The molecule has 168 valence electrons. The number of aromatic nitrogens is 1. The smallest absolute Gasteiger partial charge is 0.264 e. The van der Waals surface area contributed by atoms with Gasteiger partial charge in [-0.05, 0) is 82.7 Å². The van der Waals surface area contributed by atoms with Crippen molar-refractivity contribution in [2.24, 2.45) is 4.99 Å². The van der Waals surface area contributed by atoms with Crippen LogP contribution in [0.1, 0.15) is 11.3 Å². The molecule has 1 saturated heterocycles. The minimum atomic E-state index is -0.170. The summed E-state index contributed by atoms with van der Waals surface area (Å²) >= 11 is 10.9. The van der Waals surface area contributed by atoms with E-state index in [9.17, 15) is 4.79 Å². The van der Waals surface area contributed by atoms with Crippen LogP contribution < -0.4 is 5.32 Å². The molecule has 0 atom stereocenters. The van der Waals surface area contributed by atoms with Crippen LogP contribution in [0.3, 0.4) is 0 Å². The van der Waals surface area contributed by atoms with Crippen LogP contribution in [0.4, 0.5) is 5.69 Å². The first-order valence-electron chi connectivity index (χ1n) is 10.6. The summed E-state index contributed by atoms with van der Waals surface area (Å²) < 4.78 is 3.02. The van der Waals surface area contributed by atoms with Crippen molar-refractivity contribution in [3.63, 3.8) is 0 Å². The first kappa shape index (κ1) is 22.7. The SMILES string of the molecule is Cc1cc(/C=C2\SC(=Nc3ccc(Br)c(Cl)c3)NC2=O)c(-c2ccccc2)n1-c1ccccc1. The number of halogens is 2. The van der Waals surface area contributed by atoms with Gasteiger partial charge in [0.05, 0.1) is 21.3 Å². The van der Waals surface area contributed by atoms with Gasteiger partial charge in [0.1, 0.15) is 0 Å². The minimum Gasteiger partial charge on any atom is -0.313 e. The summed E-state index contributed by atoms with van der Waals surface area (Å²) in [5.74, 6) is -0.170. The Morgan fingerprint density at radius 3 is 2.41 bits per heavy atom. The van der Waals surface area contributed by atoms with E-state index in [0.717, 1.165) is 32.7 Å². The number of carbonyl (C=O) groups excluding carboxylic acids is 1. The van der Waals surface area contributed by atoms with Gasteiger partial charge >= 0.3 is 0 Å². The average Bonchev–Trinajstić information content (AvgIpc) is 3.35. The first-order valence-corrected chi connectivity index (χ1v) is 12.6. The van der Waals surface area contributed by atoms with Crippen molar-refractivity contribution in [2.75, 3.05) is 0 Å². The van der Waals surface area contributed by atoms with E-state index in [2.05, 4.69) is 68.1 Å². The van der Waals surface area contributed by atoms with Crippen LogP contribution in [0.2, 0.25) is 5.02 Å². The summed E-state index contributed by atoms with van der Waals surface area (Å²) in [4.78, 5) is 17.9. The van der Waals surface area contributed by atoms with E-state index in [1.54, 1.807) is 6.07 Å². The number of hydrogen-bond acceptors (Lipinski definition) is 3. The van der Waals surface area contributed by atoms with Crippen LogP contribution in [-0.2, 0) is 4.79 Å². The van der Waals surface area contributed by atoms with Crippen LogP contribution in [0.25, 0.3) is 23.0 Å². The van der Waals surface area contributed by atoms with Crippen LogP contribution in [0.15, 0.2) is 99.3 Å². The number of nitrogens with one attached hydrogen (secondary N) is 1. The zero-order valence-corrected chi connectivity index (χ0v) is 21.3. The summed E-state index contributed by atoms with van der Waals surface area (Å²) in [6, 6.07) is 28.0. The molecule has 4 aromatic rings. The zero-order valence-electron chi connectivity index (χ0n) is 18.1. The van der Waals surface area contributed by atoms with E-state index in [4.69, 9.17) is 11.6 Å². The summed E-state index contributed by atoms with van der Waals surface area (Å²) in [5.41, 5.74) is 5.91. The molecule has 1 fully saturated rings. The fourth-order valence-corrected chi connectivity index (χ4v) is 5.12. The molecule has 0 unspecified atom stereocenters. The lowest BCUT2D eigenvalue weighted by molar-refractivity contribution is -0.115. The molecular formula is C27H19BrClN3OS. The highest BCUT2D eigenvalue weighted by Gasteiger charge is 2.25. The van der Waals surface area contributed by atoms with E-state index in [0.29, 0.717) is 20.8 Å². The van der Waals surface area contributed by atoms with Crippen LogP contribution in [0, 0.1) is 6.92 Å². The summed E-state index contributed by atoms with van der Waals surface area (Å²) in [6.07, 6.45) is 1.94. The molecule has 0 bridgehead atoms. The number of para-hydroxylation sites is 1. The van der Waals surface area contributed by atoms with Crippen molar-refractivity contribution < 1.29 is 4.79 Å². The molecule has 5 rings (SSSR count). The van der Waals surface area contributed by atoms with Crippen molar-refractivity contribution in [2.45, 2.75) is 6.92 Å². The molecule has 3 aromatic carbocycles. The quantitative estimate of drug-likeness (QED) is 0.265. The van der Waals surface area contributed by atoms with Gasteiger partial charge in [0.15, 0.2) is 5.17 Å². The second-order valence-corrected chi connectivity index (χ2v) is 10.00. The molecule has 34 heavy (non-hydrogen) atoms. The molecule has 0 saturated carbocycles. The van der Waals surface area contributed by atoms with E-state index >= 15 is 0 Å². The number of thioether (sulfide) groups is 1. The Kier molecular flexibility index (Phi) is 6.46. The number of amidine groups is 1. The number of amides is 1. The van der Waals surface area contributed by atoms with Crippen molar-refractivity contribution in [3.8, 4) is 16.9 Å². The zero-order chi connectivity index (χ0) is 23.7. The molecule has 1 aliphatic rings. The number of nitrogens with zero attached hydrogens (tertiary/aromatic N) is 2. The van der Waals surface area contributed by atoms with E-state index in [1.165, 1.54) is 11.8 Å². The minimum absolute atomic E-state index is 0.170. The second-order valence-electron chi connectivity index (χ2n) is 7.71. The normalized spacial score (nSPS) is 15.8. The van der Waals surface area contributed by atoms with Crippen molar-refractivity contribution in [1.29, 1.82) is 0 Å². The Labute approximate surface area is 215 Å². The van der Waals surface area contributed by atoms with E-state index < -0.39 is 0 Å². The van der Waals surface area contributed by atoms with Crippen LogP contribution in [0.5, 0.6) is 0 Å². The molecule has 2 heterocycles. The Hall–Kier alpha value is -3.06. The van der Waals surface area contributed by atoms with Gasteiger partial charge in [-0.25, -0.2) is 4.99 Å². The highest BCUT2D eigenvalue weighted by Crippen LogP contribution is 2.36. The number of carbonyl (C=O) groups is 1. The Balaban J connectivity index is 1.56. The largest absolute Gasteiger partial charge is 0.313 e. The van der Waals surface area contributed by atoms with Gasteiger partial charge in [-0.2, -0.15) is 0 Å². The highest BCUT2D eigenvalue weighted by atomic mass is 79.9. The Morgan fingerprint density at radius 2 is 1.71 bits per heavy atom. The molecule has 0 radical (unpaired) electrons. The van der Waals surface area contributed by atoms with Gasteiger partial charge in [-0.1, -0.05) is 60.1 Å². The standard InChI is InChI=1S/C27H19BrClN3OS/c1-17-14-19(25(18-8-4-2-5-9-18)32(17)21-10-6-3-7-11-21)15-24-26(33)31-27(34-24)30-20-12-13-22(28)23(29)16-20/h2-16H,1H3,(H,30,31,33)/b24-15-. The first-order chi connectivity index (χ1) is 16.5. The second kappa shape index (κ2) is 9.66. The summed E-state index contributed by atoms with van der Waals surface area (Å²) in [5, 5.41) is 3.95. The predicted molar refractivity (Wildman–Crippen MR) is 146 cm³/mol. The molecule has 1 aliphatic heterocycles. The highest BCUT2D eigenvalue weighted by molar-refractivity contribution is 9.10. The Bertz CT molecular complexity index is 1450. The maximum atomic E-state index is 12.8. The molecule has 0 aliphatic carbocycles. The van der Waals surface area contributed by atoms with E-state index in [1.807, 2.05) is 54.6 Å². The third-order valence-corrected chi connectivity index (χ3v) is 7.49. The lowest BCUT2D eigenvalue weighted by Gasteiger charge is -2.13. The summed E-state index contributed by atoms with van der Waals surface area (Å²) in [6.45, 7) is 2.08. The van der Waals surface area contributed by atoms with Gasteiger partial charge in [0.2, 0.25) is 0 Å².